The third kappa shape index (κ3) is 51.7. The van der Waals surface area contributed by atoms with Gasteiger partial charge in [0.25, 0.3) is 0 Å². The van der Waals surface area contributed by atoms with Crippen molar-refractivity contribution in [1.82, 2.24) is 5.32 Å². The van der Waals surface area contributed by atoms with Gasteiger partial charge in [-0.05, 0) is 83.5 Å². The minimum atomic E-state index is -1.58. The second-order valence-electron chi connectivity index (χ2n) is 25.0. The number of unbranched alkanes of at least 4 members (excludes halogenated alkanes) is 43. The molecule has 0 aromatic rings. The number of allylic oxidation sites excluding steroid dienone is 11. The van der Waals surface area contributed by atoms with Crippen LogP contribution < -0.4 is 5.32 Å². The second-order valence-corrected chi connectivity index (χ2v) is 25.0. The first kappa shape index (κ1) is 79.6. The highest BCUT2D eigenvalue weighted by molar-refractivity contribution is 5.76. The fraction of sp³-hybridized carbons (Fsp3) is 0.827. The summed E-state index contributed by atoms with van der Waals surface area (Å²) in [7, 11) is 0. The van der Waals surface area contributed by atoms with Gasteiger partial charge in [-0.15, -0.1) is 0 Å². The topological polar surface area (TPSA) is 149 Å². The fourth-order valence-electron chi connectivity index (χ4n) is 11.3. The Hall–Kier alpha value is -2.37. The molecule has 1 rings (SSSR count). The van der Waals surface area contributed by atoms with Crippen molar-refractivity contribution >= 4 is 5.91 Å². The molecule has 1 heterocycles. The lowest BCUT2D eigenvalue weighted by Gasteiger charge is -2.40. The molecule has 0 aromatic heterocycles. The van der Waals surface area contributed by atoms with Crippen LogP contribution in [0, 0.1) is 0 Å². The average Bonchev–Trinajstić information content (AvgIpc) is 3.70. The van der Waals surface area contributed by atoms with Crippen LogP contribution in [0.4, 0.5) is 0 Å². The molecule has 9 heteroatoms. The fourth-order valence-corrected chi connectivity index (χ4v) is 11.3. The van der Waals surface area contributed by atoms with Gasteiger partial charge in [0.15, 0.2) is 6.29 Å². The molecule has 490 valence electrons. The average molecular weight is 1180 g/mol. The van der Waals surface area contributed by atoms with Crippen LogP contribution in [-0.2, 0) is 14.3 Å². The Morgan fingerprint density at radius 1 is 0.405 bits per heavy atom. The van der Waals surface area contributed by atoms with Crippen molar-refractivity contribution in [1.29, 1.82) is 0 Å². The summed E-state index contributed by atoms with van der Waals surface area (Å²) in [4.78, 5) is 13.1. The molecule has 6 N–H and O–H groups in total. The Labute approximate surface area is 519 Å². The van der Waals surface area contributed by atoms with Crippen molar-refractivity contribution in [3.8, 4) is 0 Å². The van der Waals surface area contributed by atoms with Gasteiger partial charge < -0.3 is 40.3 Å². The maximum atomic E-state index is 13.1. The first-order chi connectivity index (χ1) is 41.3. The molecule has 1 saturated heterocycles. The number of nitrogens with one attached hydrogen (secondary N) is 1. The molecule has 0 aliphatic carbocycles. The first-order valence-electron chi connectivity index (χ1n) is 36.2. The van der Waals surface area contributed by atoms with E-state index in [1.807, 2.05) is 6.08 Å². The van der Waals surface area contributed by atoms with E-state index < -0.39 is 49.5 Å². The largest absolute Gasteiger partial charge is 0.394 e. The quantitative estimate of drug-likeness (QED) is 0.0261. The Balaban J connectivity index is 2.16. The SMILES string of the molecule is CCCCCCC/C=C\C/C=C\C/C=C\CCCCCCCCCCCCCCCCCCC(=O)NC(COC1OC(CO)C(O)C(O)C1O)C(O)/C=C/CC/C=C/CC/C=C/CCCCCCCCCCCCCCCCCCCCCC. The number of rotatable bonds is 63. The number of hydrogen-bond donors (Lipinski definition) is 6. The van der Waals surface area contributed by atoms with Gasteiger partial charge in [-0.25, -0.2) is 0 Å². The summed E-state index contributed by atoms with van der Waals surface area (Å²) >= 11 is 0. The van der Waals surface area contributed by atoms with Crippen LogP contribution in [0.15, 0.2) is 72.9 Å². The van der Waals surface area contributed by atoms with Crippen molar-refractivity contribution < 1.29 is 39.8 Å². The van der Waals surface area contributed by atoms with E-state index in [1.165, 1.54) is 263 Å². The highest BCUT2D eigenvalue weighted by Gasteiger charge is 2.44. The second kappa shape index (κ2) is 63.6. The molecule has 0 bridgehead atoms. The molecule has 1 aliphatic heterocycles. The van der Waals surface area contributed by atoms with E-state index in [-0.39, 0.29) is 12.5 Å². The van der Waals surface area contributed by atoms with Gasteiger partial charge in [0, 0.05) is 6.42 Å². The minimum absolute atomic E-state index is 0.188. The molecule has 0 saturated carbocycles. The molecular formula is C75H137NO8. The number of aliphatic hydroxyl groups excluding tert-OH is 5. The molecule has 0 aromatic carbocycles. The van der Waals surface area contributed by atoms with Gasteiger partial charge in [-0.2, -0.15) is 0 Å². The third-order valence-electron chi connectivity index (χ3n) is 17.0. The molecule has 7 unspecified atom stereocenters. The van der Waals surface area contributed by atoms with E-state index in [0.29, 0.717) is 6.42 Å². The van der Waals surface area contributed by atoms with Crippen LogP contribution in [0.5, 0.6) is 0 Å². The number of ether oxygens (including phenoxy) is 2. The van der Waals surface area contributed by atoms with Gasteiger partial charge >= 0.3 is 0 Å². The van der Waals surface area contributed by atoms with Crippen molar-refractivity contribution in [2.45, 2.75) is 384 Å². The predicted molar refractivity (Wildman–Crippen MR) is 359 cm³/mol. The lowest BCUT2D eigenvalue weighted by Crippen LogP contribution is -2.60. The summed E-state index contributed by atoms with van der Waals surface area (Å²) < 4.78 is 11.3. The summed E-state index contributed by atoms with van der Waals surface area (Å²) in [6.07, 6.45) is 83.0. The molecule has 1 aliphatic rings. The third-order valence-corrected chi connectivity index (χ3v) is 17.0. The molecule has 1 fully saturated rings. The van der Waals surface area contributed by atoms with E-state index in [0.717, 1.165) is 57.8 Å². The van der Waals surface area contributed by atoms with Crippen LogP contribution in [0.1, 0.15) is 341 Å². The Morgan fingerprint density at radius 2 is 0.714 bits per heavy atom. The van der Waals surface area contributed by atoms with Crippen molar-refractivity contribution in [3.05, 3.63) is 72.9 Å². The summed E-state index contributed by atoms with van der Waals surface area (Å²) in [5.74, 6) is -0.188. The number of carbonyl (C=O) groups is 1. The van der Waals surface area contributed by atoms with Crippen LogP contribution in [0.3, 0.4) is 0 Å². The molecule has 9 nitrogen and oxygen atoms in total. The van der Waals surface area contributed by atoms with E-state index in [9.17, 15) is 30.3 Å². The van der Waals surface area contributed by atoms with E-state index in [4.69, 9.17) is 9.47 Å². The standard InChI is InChI=1S/C75H137NO8/c1-3-5-7-9-11-13-15-17-19-21-23-25-27-29-31-33-35-37-39-41-43-45-47-49-51-53-55-57-59-61-63-65-71(79)76-68(67-83-75-74(82)73(81)72(80)70(66-77)84-75)69(78)64-62-60-58-56-54-52-50-48-46-44-42-40-38-36-34-32-30-28-26-24-22-20-18-16-14-12-10-8-6-4-2/h15,17,21,23,27,29,46,48,54,56,62,64,68-70,72-75,77-78,80-82H,3-14,16,18-20,22,24-26,28,30-45,47,49-53,55,57-61,63,65-67H2,1-2H3,(H,76,79)/b17-15-,23-21-,29-27-,48-46+,56-54+,64-62+. The molecule has 0 radical (unpaired) electrons. The van der Waals surface area contributed by atoms with Gasteiger partial charge in [-0.1, -0.05) is 324 Å². The molecule has 84 heavy (non-hydrogen) atoms. The van der Waals surface area contributed by atoms with E-state index >= 15 is 0 Å². The van der Waals surface area contributed by atoms with Gasteiger partial charge in [-0.3, -0.25) is 4.79 Å². The Kier molecular flexibility index (Phi) is 60.3. The van der Waals surface area contributed by atoms with E-state index in [2.05, 4.69) is 79.9 Å². The van der Waals surface area contributed by atoms with Crippen LogP contribution in [0.2, 0.25) is 0 Å². The van der Waals surface area contributed by atoms with Gasteiger partial charge in [0.2, 0.25) is 5.91 Å². The first-order valence-corrected chi connectivity index (χ1v) is 36.2. The molecule has 0 spiro atoms. The minimum Gasteiger partial charge on any atom is -0.394 e. The maximum Gasteiger partial charge on any atom is 0.220 e. The summed E-state index contributed by atoms with van der Waals surface area (Å²) in [5.41, 5.74) is 0. The number of amides is 1. The Bertz CT molecular complexity index is 1560. The Morgan fingerprint density at radius 3 is 1.08 bits per heavy atom. The summed E-state index contributed by atoms with van der Waals surface area (Å²) in [6.45, 7) is 3.79. The zero-order valence-electron chi connectivity index (χ0n) is 54.9. The van der Waals surface area contributed by atoms with Crippen molar-refractivity contribution in [2.75, 3.05) is 13.2 Å². The highest BCUT2D eigenvalue weighted by Crippen LogP contribution is 2.23. The van der Waals surface area contributed by atoms with Crippen LogP contribution in [-0.4, -0.2) is 87.5 Å². The number of aliphatic hydroxyl groups is 5. The van der Waals surface area contributed by atoms with Crippen molar-refractivity contribution in [3.63, 3.8) is 0 Å². The van der Waals surface area contributed by atoms with Crippen molar-refractivity contribution in [2.24, 2.45) is 0 Å². The summed E-state index contributed by atoms with van der Waals surface area (Å²) in [5, 5.41) is 54.8. The molecule has 1 amide bonds. The highest BCUT2D eigenvalue weighted by atomic mass is 16.7. The lowest BCUT2D eigenvalue weighted by atomic mass is 9.99. The van der Waals surface area contributed by atoms with Gasteiger partial charge in [0.1, 0.15) is 24.4 Å². The summed E-state index contributed by atoms with van der Waals surface area (Å²) in [6, 6.07) is -0.833. The monoisotopic (exact) mass is 1180 g/mol. The normalized spacial score (nSPS) is 18.6. The maximum absolute atomic E-state index is 13.1. The van der Waals surface area contributed by atoms with Gasteiger partial charge in [0.05, 0.1) is 25.4 Å². The lowest BCUT2D eigenvalue weighted by molar-refractivity contribution is -0.302. The number of carbonyl (C=O) groups excluding carboxylic acids is 1. The zero-order valence-corrected chi connectivity index (χ0v) is 54.9. The van der Waals surface area contributed by atoms with Crippen LogP contribution >= 0.6 is 0 Å². The zero-order chi connectivity index (χ0) is 60.7. The van der Waals surface area contributed by atoms with E-state index in [1.54, 1.807) is 6.08 Å². The smallest absolute Gasteiger partial charge is 0.220 e. The number of hydrogen-bond acceptors (Lipinski definition) is 8. The molecule has 7 atom stereocenters. The molecular weight excluding hydrogens is 1040 g/mol. The van der Waals surface area contributed by atoms with Crippen LogP contribution in [0.25, 0.3) is 0 Å². The predicted octanol–water partition coefficient (Wildman–Crippen LogP) is 19.9.